The van der Waals surface area contributed by atoms with Crippen LogP contribution in [0.4, 0.5) is 0 Å². The topological polar surface area (TPSA) is 20.3 Å². The normalized spacial score (nSPS) is 20.9. The minimum atomic E-state index is 0.241. The van der Waals surface area contributed by atoms with E-state index in [-0.39, 0.29) is 5.92 Å². The first-order chi connectivity index (χ1) is 8.60. The van der Waals surface area contributed by atoms with Crippen LogP contribution in [-0.4, -0.2) is 24.3 Å². The quantitative estimate of drug-likeness (QED) is 0.763. The Bertz CT molecular complexity index is 416. The number of carbonyl (C=O) groups is 1. The van der Waals surface area contributed by atoms with Gasteiger partial charge in [0.15, 0.2) is 0 Å². The largest absolute Gasteiger partial charge is 0.303 e. The summed E-state index contributed by atoms with van der Waals surface area (Å²) in [6.07, 6.45) is 3.33. The smallest absolute Gasteiger partial charge is 0.124 e. The molecule has 2 heteroatoms. The van der Waals surface area contributed by atoms with Crippen molar-refractivity contribution in [3.63, 3.8) is 0 Å². The molecule has 1 heterocycles. The molecule has 1 aliphatic heterocycles. The Kier molecular flexibility index (Phi) is 4.18. The fourth-order valence-corrected chi connectivity index (χ4v) is 3.03. The van der Waals surface area contributed by atoms with E-state index < -0.39 is 0 Å². The highest BCUT2D eigenvalue weighted by Gasteiger charge is 2.20. The van der Waals surface area contributed by atoms with Gasteiger partial charge in [0.2, 0.25) is 0 Å². The molecule has 1 aliphatic rings. The Labute approximate surface area is 110 Å². The van der Waals surface area contributed by atoms with Gasteiger partial charge in [0.1, 0.15) is 6.29 Å². The fourth-order valence-electron chi connectivity index (χ4n) is 3.03. The number of benzene rings is 1. The van der Waals surface area contributed by atoms with Crippen molar-refractivity contribution in [1.29, 1.82) is 0 Å². The maximum atomic E-state index is 10.9. The molecule has 18 heavy (non-hydrogen) atoms. The van der Waals surface area contributed by atoms with E-state index in [0.717, 1.165) is 38.8 Å². The van der Waals surface area contributed by atoms with Crippen LogP contribution < -0.4 is 0 Å². The summed E-state index contributed by atoms with van der Waals surface area (Å²) < 4.78 is 0. The van der Waals surface area contributed by atoms with Gasteiger partial charge in [-0.25, -0.2) is 0 Å². The lowest BCUT2D eigenvalue weighted by Gasteiger charge is -2.31. The van der Waals surface area contributed by atoms with E-state index in [9.17, 15) is 4.79 Å². The van der Waals surface area contributed by atoms with Gasteiger partial charge in [-0.15, -0.1) is 0 Å². The van der Waals surface area contributed by atoms with Crippen LogP contribution in [0.1, 0.15) is 35.1 Å². The second kappa shape index (κ2) is 5.66. The third-order valence-electron chi connectivity index (χ3n) is 3.96. The predicted molar refractivity (Wildman–Crippen MR) is 74.7 cm³/mol. The van der Waals surface area contributed by atoms with E-state index in [0.29, 0.717) is 0 Å². The summed E-state index contributed by atoms with van der Waals surface area (Å²) in [7, 11) is 0. The summed E-state index contributed by atoms with van der Waals surface area (Å²) in [5.41, 5.74) is 5.52. The van der Waals surface area contributed by atoms with Gasteiger partial charge < -0.3 is 4.79 Å². The van der Waals surface area contributed by atoms with Gasteiger partial charge in [0, 0.05) is 19.0 Å². The number of hydrogen-bond acceptors (Lipinski definition) is 2. The zero-order valence-corrected chi connectivity index (χ0v) is 11.7. The number of aldehydes is 1. The maximum absolute atomic E-state index is 10.9. The summed E-state index contributed by atoms with van der Waals surface area (Å²) in [6, 6.07) is 4.51. The van der Waals surface area contributed by atoms with Crippen LogP contribution in [0.3, 0.4) is 0 Å². The monoisotopic (exact) mass is 245 g/mol. The highest BCUT2D eigenvalue weighted by molar-refractivity contribution is 5.54. The standard InChI is InChI=1S/C16H23NO/c1-12-7-13(2)16(14(3)8-12)10-17-6-4-5-15(9-17)11-18/h7-8,11,15H,4-6,9-10H2,1-3H3. The molecule has 2 nitrogen and oxygen atoms in total. The highest BCUT2D eigenvalue weighted by atomic mass is 16.1. The molecule has 0 N–H and O–H groups in total. The van der Waals surface area contributed by atoms with E-state index in [1.54, 1.807) is 0 Å². The molecule has 1 unspecified atom stereocenters. The Morgan fingerprint density at radius 2 is 1.94 bits per heavy atom. The molecule has 0 saturated carbocycles. The van der Waals surface area contributed by atoms with Gasteiger partial charge in [-0.3, -0.25) is 4.90 Å². The van der Waals surface area contributed by atoms with Crippen LogP contribution in [0.15, 0.2) is 12.1 Å². The highest BCUT2D eigenvalue weighted by Crippen LogP contribution is 2.22. The molecule has 1 aromatic carbocycles. The first-order valence-electron chi connectivity index (χ1n) is 6.84. The van der Waals surface area contributed by atoms with Crippen molar-refractivity contribution in [3.05, 3.63) is 34.4 Å². The maximum Gasteiger partial charge on any atom is 0.124 e. The lowest BCUT2D eigenvalue weighted by atomic mass is 9.96. The van der Waals surface area contributed by atoms with Crippen LogP contribution in [0, 0.1) is 26.7 Å². The molecule has 1 saturated heterocycles. The number of likely N-dealkylation sites (tertiary alicyclic amines) is 1. The lowest BCUT2D eigenvalue weighted by Crippen LogP contribution is -2.35. The lowest BCUT2D eigenvalue weighted by molar-refractivity contribution is -0.112. The molecule has 0 amide bonds. The number of nitrogens with zero attached hydrogens (tertiary/aromatic N) is 1. The number of carbonyl (C=O) groups excluding carboxylic acids is 1. The van der Waals surface area contributed by atoms with Gasteiger partial charge in [0.05, 0.1) is 0 Å². The Balaban J connectivity index is 2.11. The van der Waals surface area contributed by atoms with Crippen LogP contribution in [-0.2, 0) is 11.3 Å². The van der Waals surface area contributed by atoms with Crippen molar-refractivity contribution in [1.82, 2.24) is 4.90 Å². The molecule has 2 rings (SSSR count). The van der Waals surface area contributed by atoms with Gasteiger partial charge in [-0.1, -0.05) is 17.7 Å². The number of rotatable bonds is 3. The minimum Gasteiger partial charge on any atom is -0.303 e. The zero-order chi connectivity index (χ0) is 13.1. The van der Waals surface area contributed by atoms with E-state index in [2.05, 4.69) is 37.8 Å². The molecule has 98 valence electrons. The SMILES string of the molecule is Cc1cc(C)c(CN2CCCC(C=O)C2)c(C)c1. The minimum absolute atomic E-state index is 0.241. The molecule has 1 aromatic rings. The van der Waals surface area contributed by atoms with Gasteiger partial charge in [-0.2, -0.15) is 0 Å². The third-order valence-corrected chi connectivity index (χ3v) is 3.96. The van der Waals surface area contributed by atoms with E-state index >= 15 is 0 Å². The zero-order valence-electron chi connectivity index (χ0n) is 11.7. The van der Waals surface area contributed by atoms with Crippen LogP contribution in [0.5, 0.6) is 0 Å². The Morgan fingerprint density at radius 1 is 1.28 bits per heavy atom. The second-order valence-electron chi connectivity index (χ2n) is 5.65. The van der Waals surface area contributed by atoms with Crippen LogP contribution >= 0.6 is 0 Å². The molecular formula is C16H23NO. The molecule has 0 radical (unpaired) electrons. The van der Waals surface area contributed by atoms with Gasteiger partial charge >= 0.3 is 0 Å². The summed E-state index contributed by atoms with van der Waals surface area (Å²) in [6.45, 7) is 9.57. The molecule has 0 aliphatic carbocycles. The van der Waals surface area contributed by atoms with Crippen molar-refractivity contribution in [2.75, 3.05) is 13.1 Å². The summed E-state index contributed by atoms with van der Waals surface area (Å²) >= 11 is 0. The van der Waals surface area contributed by atoms with Crippen molar-refractivity contribution >= 4 is 6.29 Å². The molecule has 1 atom stereocenters. The number of aryl methyl sites for hydroxylation is 3. The van der Waals surface area contributed by atoms with Crippen LogP contribution in [0.2, 0.25) is 0 Å². The fraction of sp³-hybridized carbons (Fsp3) is 0.562. The average Bonchev–Trinajstić information content (AvgIpc) is 2.34. The van der Waals surface area contributed by atoms with Crippen molar-refractivity contribution < 1.29 is 4.79 Å². The van der Waals surface area contributed by atoms with Crippen molar-refractivity contribution in [2.24, 2.45) is 5.92 Å². The van der Waals surface area contributed by atoms with Crippen molar-refractivity contribution in [3.8, 4) is 0 Å². The summed E-state index contributed by atoms with van der Waals surface area (Å²) in [5.74, 6) is 0.241. The Morgan fingerprint density at radius 3 is 2.56 bits per heavy atom. The van der Waals surface area contributed by atoms with Gasteiger partial charge in [-0.05, 0) is 56.8 Å². The second-order valence-corrected chi connectivity index (χ2v) is 5.65. The Hall–Kier alpha value is -1.15. The molecule has 0 spiro atoms. The predicted octanol–water partition coefficient (Wildman–Crippen LogP) is 3.02. The van der Waals surface area contributed by atoms with E-state index in [1.807, 2.05) is 0 Å². The summed E-state index contributed by atoms with van der Waals surface area (Å²) in [4.78, 5) is 13.3. The number of piperidine rings is 1. The first kappa shape index (κ1) is 13.3. The molecular weight excluding hydrogens is 222 g/mol. The number of hydrogen-bond donors (Lipinski definition) is 0. The summed E-state index contributed by atoms with van der Waals surface area (Å²) in [5, 5.41) is 0. The third kappa shape index (κ3) is 2.99. The molecule has 0 bridgehead atoms. The van der Waals surface area contributed by atoms with E-state index in [1.165, 1.54) is 22.3 Å². The van der Waals surface area contributed by atoms with Crippen LogP contribution in [0.25, 0.3) is 0 Å². The van der Waals surface area contributed by atoms with Crippen molar-refractivity contribution in [2.45, 2.75) is 40.2 Å². The average molecular weight is 245 g/mol. The molecule has 1 fully saturated rings. The first-order valence-corrected chi connectivity index (χ1v) is 6.84. The van der Waals surface area contributed by atoms with Gasteiger partial charge in [0.25, 0.3) is 0 Å². The molecule has 0 aromatic heterocycles. The van der Waals surface area contributed by atoms with E-state index in [4.69, 9.17) is 0 Å².